The molecule has 1 heterocycles. The molecule has 0 spiro atoms. The summed E-state index contributed by atoms with van der Waals surface area (Å²) in [6, 6.07) is 13.9. The fraction of sp³-hybridized carbons (Fsp3) is 0.200. The zero-order chi connectivity index (χ0) is 29.8. The Balaban J connectivity index is 2.25. The maximum atomic E-state index is 14.1. The lowest BCUT2D eigenvalue weighted by Gasteiger charge is -2.21. The van der Waals surface area contributed by atoms with Crippen molar-refractivity contribution in [2.24, 2.45) is 0 Å². The Labute approximate surface area is 234 Å². The van der Waals surface area contributed by atoms with Crippen LogP contribution in [0.1, 0.15) is 31.2 Å². The number of hydrogen-bond donors (Lipinski definition) is 0. The Kier molecular flexibility index (Phi) is 8.27. The molecule has 11 heteroatoms. The minimum absolute atomic E-state index is 0.0261. The van der Waals surface area contributed by atoms with Gasteiger partial charge in [-0.15, -0.1) is 0 Å². The number of aromatic nitrogens is 1. The van der Waals surface area contributed by atoms with Crippen LogP contribution in [0.2, 0.25) is 0 Å². The van der Waals surface area contributed by atoms with Crippen LogP contribution in [0.3, 0.4) is 0 Å². The highest BCUT2D eigenvalue weighted by molar-refractivity contribution is 6.08. The second-order valence-corrected chi connectivity index (χ2v) is 8.57. The molecule has 0 N–H and O–H groups in total. The number of esters is 3. The summed E-state index contributed by atoms with van der Waals surface area (Å²) in [7, 11) is 7.90. The average molecular weight is 562 g/mol. The smallest absolute Gasteiger partial charge is 0.355 e. The third-order valence-electron chi connectivity index (χ3n) is 6.44. The van der Waals surface area contributed by atoms with Crippen molar-refractivity contribution >= 4 is 28.7 Å². The Morgan fingerprint density at radius 2 is 1.15 bits per heavy atom. The van der Waals surface area contributed by atoms with Crippen LogP contribution in [0.15, 0.2) is 59.4 Å². The van der Waals surface area contributed by atoms with E-state index in [0.29, 0.717) is 33.8 Å². The quantitative estimate of drug-likeness (QED) is 0.230. The number of ether oxygens (including phenoxy) is 6. The van der Waals surface area contributed by atoms with Crippen molar-refractivity contribution in [2.75, 3.05) is 42.7 Å². The summed E-state index contributed by atoms with van der Waals surface area (Å²) >= 11 is 0. The van der Waals surface area contributed by atoms with Gasteiger partial charge in [0.2, 0.25) is 5.75 Å². The van der Waals surface area contributed by atoms with Gasteiger partial charge in [-0.1, -0.05) is 18.2 Å². The van der Waals surface area contributed by atoms with E-state index in [4.69, 9.17) is 28.4 Å². The minimum atomic E-state index is -0.861. The molecule has 0 fully saturated rings. The Hall–Kier alpha value is -5.32. The van der Waals surface area contributed by atoms with E-state index in [0.717, 1.165) is 4.57 Å². The number of fused-ring (bicyclic) bond motifs is 1. The summed E-state index contributed by atoms with van der Waals surface area (Å²) in [6.45, 7) is 0. The first-order valence-corrected chi connectivity index (χ1v) is 12.1. The Morgan fingerprint density at radius 1 is 0.634 bits per heavy atom. The summed E-state index contributed by atoms with van der Waals surface area (Å²) in [4.78, 5) is 52.6. The van der Waals surface area contributed by atoms with Crippen LogP contribution in [0, 0.1) is 0 Å². The van der Waals surface area contributed by atoms with E-state index in [1.54, 1.807) is 36.4 Å². The van der Waals surface area contributed by atoms with Crippen molar-refractivity contribution in [1.29, 1.82) is 0 Å². The molecule has 0 aliphatic rings. The second kappa shape index (κ2) is 11.8. The van der Waals surface area contributed by atoms with Gasteiger partial charge >= 0.3 is 17.9 Å². The largest absolute Gasteiger partial charge is 0.493 e. The Morgan fingerprint density at radius 3 is 1.61 bits per heavy atom. The van der Waals surface area contributed by atoms with Gasteiger partial charge < -0.3 is 28.4 Å². The zero-order valence-corrected chi connectivity index (χ0v) is 23.2. The standard InChI is InChI=1S/C30H27NO10/c1-36-22-14-16(15-23(37-2)26(22)38-3)24-20-9-7-8-10-21(20)27(32)31(25(24)30(35)41-6)19-12-17(28(33)39-4)11-18(13-19)29(34)40-5/h7-15H,1-6H3. The maximum absolute atomic E-state index is 14.1. The van der Waals surface area contributed by atoms with E-state index in [2.05, 4.69) is 0 Å². The molecule has 4 aromatic rings. The van der Waals surface area contributed by atoms with E-state index in [9.17, 15) is 19.2 Å². The third-order valence-corrected chi connectivity index (χ3v) is 6.44. The van der Waals surface area contributed by atoms with Crippen molar-refractivity contribution in [3.8, 4) is 34.1 Å². The molecule has 0 aliphatic heterocycles. The monoisotopic (exact) mass is 561 g/mol. The maximum Gasteiger partial charge on any atom is 0.355 e. The molecule has 41 heavy (non-hydrogen) atoms. The number of carbonyl (C=O) groups is 3. The van der Waals surface area contributed by atoms with Gasteiger partial charge in [0.1, 0.15) is 5.69 Å². The molecular weight excluding hydrogens is 534 g/mol. The van der Waals surface area contributed by atoms with Crippen molar-refractivity contribution in [3.63, 3.8) is 0 Å². The molecule has 0 atom stereocenters. The summed E-state index contributed by atoms with van der Waals surface area (Å²) in [5.74, 6) is -1.46. The third kappa shape index (κ3) is 5.05. The van der Waals surface area contributed by atoms with Crippen molar-refractivity contribution in [2.45, 2.75) is 0 Å². The zero-order valence-electron chi connectivity index (χ0n) is 23.2. The van der Waals surface area contributed by atoms with Gasteiger partial charge in [-0.2, -0.15) is 0 Å². The molecule has 11 nitrogen and oxygen atoms in total. The number of methoxy groups -OCH3 is 6. The van der Waals surface area contributed by atoms with Crippen LogP contribution in [0.25, 0.3) is 27.6 Å². The van der Waals surface area contributed by atoms with Crippen LogP contribution >= 0.6 is 0 Å². The molecule has 4 rings (SSSR count). The van der Waals surface area contributed by atoms with Crippen molar-refractivity contribution in [1.82, 2.24) is 4.57 Å². The van der Waals surface area contributed by atoms with Crippen molar-refractivity contribution in [3.05, 3.63) is 81.8 Å². The van der Waals surface area contributed by atoms with Gasteiger partial charge in [-0.3, -0.25) is 9.36 Å². The first-order valence-electron chi connectivity index (χ1n) is 12.1. The molecule has 3 aromatic carbocycles. The van der Waals surface area contributed by atoms with Gasteiger partial charge in [0, 0.05) is 10.9 Å². The van der Waals surface area contributed by atoms with E-state index < -0.39 is 23.5 Å². The van der Waals surface area contributed by atoms with Crippen LogP contribution in [-0.4, -0.2) is 65.1 Å². The average Bonchev–Trinajstić information content (AvgIpc) is 3.02. The van der Waals surface area contributed by atoms with Crippen LogP contribution in [0.5, 0.6) is 17.2 Å². The first kappa shape index (κ1) is 28.7. The number of nitrogens with zero attached hydrogens (tertiary/aromatic N) is 1. The number of benzene rings is 3. The van der Waals surface area contributed by atoms with E-state index >= 15 is 0 Å². The Bertz CT molecular complexity index is 1680. The van der Waals surface area contributed by atoms with Gasteiger partial charge in [-0.05, 0) is 47.3 Å². The van der Waals surface area contributed by atoms with Gasteiger partial charge in [0.25, 0.3) is 5.56 Å². The lowest BCUT2D eigenvalue weighted by atomic mass is 9.95. The normalized spacial score (nSPS) is 10.6. The summed E-state index contributed by atoms with van der Waals surface area (Å²) < 4.78 is 32.5. The van der Waals surface area contributed by atoms with Crippen LogP contribution < -0.4 is 19.8 Å². The van der Waals surface area contributed by atoms with Crippen LogP contribution in [-0.2, 0) is 14.2 Å². The van der Waals surface area contributed by atoms with Crippen molar-refractivity contribution < 1.29 is 42.8 Å². The highest BCUT2D eigenvalue weighted by atomic mass is 16.5. The summed E-state index contributed by atoms with van der Waals surface area (Å²) in [5.41, 5.74) is -0.112. The molecule has 0 saturated carbocycles. The predicted molar refractivity (Wildman–Crippen MR) is 149 cm³/mol. The molecule has 0 bridgehead atoms. The fourth-order valence-corrected chi connectivity index (χ4v) is 4.61. The summed E-state index contributed by atoms with van der Waals surface area (Å²) in [5, 5.41) is 0.674. The minimum Gasteiger partial charge on any atom is -0.493 e. The first-order chi connectivity index (χ1) is 19.7. The van der Waals surface area contributed by atoms with Gasteiger partial charge in [0.15, 0.2) is 11.5 Å². The van der Waals surface area contributed by atoms with Gasteiger partial charge in [-0.25, -0.2) is 14.4 Å². The lowest BCUT2D eigenvalue weighted by Crippen LogP contribution is -2.27. The SMILES string of the molecule is COC(=O)c1cc(C(=O)OC)cc(-n2c(C(=O)OC)c(-c3cc(OC)c(OC)c(OC)c3)c3ccccc3c2=O)c1. The number of pyridine rings is 1. The topological polar surface area (TPSA) is 129 Å². The summed E-state index contributed by atoms with van der Waals surface area (Å²) in [6.07, 6.45) is 0. The molecule has 0 amide bonds. The molecule has 0 unspecified atom stereocenters. The van der Waals surface area contributed by atoms with Gasteiger partial charge in [0.05, 0.1) is 59.5 Å². The molecule has 212 valence electrons. The molecule has 0 saturated heterocycles. The number of rotatable bonds is 8. The molecule has 0 aliphatic carbocycles. The highest BCUT2D eigenvalue weighted by Crippen LogP contribution is 2.43. The molecule has 1 aromatic heterocycles. The van der Waals surface area contributed by atoms with E-state index in [1.165, 1.54) is 60.9 Å². The fourth-order valence-electron chi connectivity index (χ4n) is 4.61. The molecular formula is C30H27NO10. The number of hydrogen-bond acceptors (Lipinski definition) is 10. The van der Waals surface area contributed by atoms with E-state index in [-0.39, 0.29) is 27.9 Å². The predicted octanol–water partition coefficient (Wildman–Crippen LogP) is 4.04. The number of carbonyl (C=O) groups excluding carboxylic acids is 3. The second-order valence-electron chi connectivity index (χ2n) is 8.57. The highest BCUT2D eigenvalue weighted by Gasteiger charge is 2.28. The van der Waals surface area contributed by atoms with Crippen LogP contribution in [0.4, 0.5) is 0 Å². The molecule has 0 radical (unpaired) electrons. The van der Waals surface area contributed by atoms with E-state index in [1.807, 2.05) is 0 Å². The lowest BCUT2D eigenvalue weighted by molar-refractivity contribution is 0.0584.